The molecule has 2 aromatic heterocycles. The molecule has 0 saturated carbocycles. The molecule has 1 atom stereocenters. The second-order valence-electron chi connectivity index (χ2n) is 6.66. The number of amides is 1. The molecule has 0 radical (unpaired) electrons. The van der Waals surface area contributed by atoms with Gasteiger partial charge >= 0.3 is 0 Å². The lowest BCUT2D eigenvalue weighted by Crippen LogP contribution is -2.46. The van der Waals surface area contributed by atoms with Crippen LogP contribution in [0.4, 0.5) is 5.82 Å². The van der Waals surface area contributed by atoms with Crippen molar-refractivity contribution in [2.24, 2.45) is 0 Å². The Morgan fingerprint density at radius 2 is 2.27 bits per heavy atom. The van der Waals surface area contributed by atoms with Crippen molar-refractivity contribution in [2.75, 3.05) is 32.1 Å². The van der Waals surface area contributed by atoms with Gasteiger partial charge in [0.1, 0.15) is 12.6 Å². The molecule has 1 N–H and O–H groups in total. The lowest BCUT2D eigenvalue weighted by molar-refractivity contribution is -0.0389. The maximum Gasteiger partial charge on any atom is 0.276 e. The number of hydrogen-bond donors (Lipinski definition) is 1. The first-order valence-electron chi connectivity index (χ1n) is 8.63. The third-order valence-corrected chi connectivity index (χ3v) is 5.07. The highest BCUT2D eigenvalue weighted by Gasteiger charge is 2.44. The molecule has 2 aliphatic heterocycles. The van der Waals surface area contributed by atoms with E-state index in [9.17, 15) is 4.79 Å². The predicted molar refractivity (Wildman–Crippen MR) is 90.9 cm³/mol. The van der Waals surface area contributed by atoms with E-state index in [0.717, 1.165) is 19.3 Å². The van der Waals surface area contributed by atoms with Crippen molar-refractivity contribution in [2.45, 2.75) is 30.9 Å². The first kappa shape index (κ1) is 16.8. The summed E-state index contributed by atoms with van der Waals surface area (Å²) < 4.78 is 16.2. The number of rotatable bonds is 4. The Hall–Kier alpha value is -2.68. The molecule has 138 valence electrons. The van der Waals surface area contributed by atoms with Crippen molar-refractivity contribution < 1.29 is 18.8 Å². The summed E-state index contributed by atoms with van der Waals surface area (Å²) in [5.74, 6) is 1.19. The Bertz CT molecular complexity index is 758. The summed E-state index contributed by atoms with van der Waals surface area (Å²) in [7, 11) is 1.60. The lowest BCUT2D eigenvalue weighted by Gasteiger charge is -2.38. The molecule has 9 heteroatoms. The Kier molecular flexibility index (Phi) is 4.46. The van der Waals surface area contributed by atoms with Crippen molar-refractivity contribution in [3.05, 3.63) is 30.5 Å². The fourth-order valence-corrected chi connectivity index (χ4v) is 3.66. The summed E-state index contributed by atoms with van der Waals surface area (Å²) in [6.07, 6.45) is 7.01. The van der Waals surface area contributed by atoms with Gasteiger partial charge in [-0.25, -0.2) is 9.97 Å². The largest absolute Gasteiger partial charge is 0.491 e. The van der Waals surface area contributed by atoms with Gasteiger partial charge in [0, 0.05) is 19.2 Å². The molecule has 0 bridgehead atoms. The van der Waals surface area contributed by atoms with Crippen molar-refractivity contribution in [3.8, 4) is 5.75 Å². The highest BCUT2D eigenvalue weighted by atomic mass is 16.5. The molecule has 2 aliphatic rings. The molecule has 2 saturated heterocycles. The zero-order valence-corrected chi connectivity index (χ0v) is 14.6. The van der Waals surface area contributed by atoms with Crippen molar-refractivity contribution in [1.29, 1.82) is 0 Å². The van der Waals surface area contributed by atoms with E-state index in [2.05, 4.69) is 20.4 Å². The van der Waals surface area contributed by atoms with Crippen molar-refractivity contribution in [3.63, 3.8) is 0 Å². The predicted octanol–water partition coefficient (Wildman–Crippen LogP) is 1.35. The number of anilines is 1. The number of nitrogens with zero attached hydrogens (tertiary/aromatic N) is 4. The van der Waals surface area contributed by atoms with E-state index < -0.39 is 0 Å². The zero-order chi connectivity index (χ0) is 18.0. The number of ether oxygens (including phenoxy) is 2. The van der Waals surface area contributed by atoms with Crippen LogP contribution in [0.5, 0.6) is 5.75 Å². The fraction of sp³-hybridized carbons (Fsp3) is 0.529. The van der Waals surface area contributed by atoms with Crippen LogP contribution >= 0.6 is 0 Å². The summed E-state index contributed by atoms with van der Waals surface area (Å²) in [4.78, 5) is 22.4. The number of carbonyl (C=O) groups excluding carboxylic acids is 1. The van der Waals surface area contributed by atoms with Gasteiger partial charge in [-0.1, -0.05) is 5.16 Å². The normalized spacial score (nSPS) is 21.7. The molecule has 2 aromatic rings. The first-order valence-corrected chi connectivity index (χ1v) is 8.63. The standard InChI is InChI=1S/C17H21N5O4/c1-24-14-9-18-11-19-15(14)20-12-8-17(25-10-12)3-5-22(6-4-17)16(23)13-2-7-26-21-13/h2,7,9,11-12H,3-6,8,10H2,1H3,(H,18,19,20). The smallest absolute Gasteiger partial charge is 0.276 e. The Morgan fingerprint density at radius 1 is 1.42 bits per heavy atom. The Balaban J connectivity index is 1.35. The van der Waals surface area contributed by atoms with E-state index in [-0.39, 0.29) is 17.6 Å². The van der Waals surface area contributed by atoms with Gasteiger partial charge in [-0.3, -0.25) is 4.79 Å². The van der Waals surface area contributed by atoms with Crippen molar-refractivity contribution in [1.82, 2.24) is 20.0 Å². The van der Waals surface area contributed by atoms with Gasteiger partial charge in [0.15, 0.2) is 17.3 Å². The third kappa shape index (κ3) is 3.22. The van der Waals surface area contributed by atoms with Gasteiger partial charge in [-0.15, -0.1) is 0 Å². The van der Waals surface area contributed by atoms with Crippen LogP contribution in [-0.2, 0) is 4.74 Å². The second kappa shape index (κ2) is 6.91. The molecule has 1 unspecified atom stereocenters. The summed E-state index contributed by atoms with van der Waals surface area (Å²) in [5.41, 5.74) is 0.155. The van der Waals surface area contributed by atoms with E-state index in [1.165, 1.54) is 12.6 Å². The number of methoxy groups -OCH3 is 1. The average Bonchev–Trinajstić information content (AvgIpc) is 3.33. The Morgan fingerprint density at radius 3 is 3.00 bits per heavy atom. The zero-order valence-electron chi connectivity index (χ0n) is 14.6. The maximum atomic E-state index is 12.4. The number of aromatic nitrogens is 3. The average molecular weight is 359 g/mol. The molecule has 0 aliphatic carbocycles. The van der Waals surface area contributed by atoms with Crippen LogP contribution in [0.25, 0.3) is 0 Å². The van der Waals surface area contributed by atoms with Crippen LogP contribution in [-0.4, -0.2) is 64.4 Å². The molecule has 1 spiro atoms. The number of likely N-dealkylation sites (tertiary alicyclic amines) is 1. The molecule has 0 aromatic carbocycles. The van der Waals surface area contributed by atoms with Crippen LogP contribution in [0.3, 0.4) is 0 Å². The molecule has 4 heterocycles. The quantitative estimate of drug-likeness (QED) is 0.873. The van der Waals surface area contributed by atoms with Crippen LogP contribution in [0.15, 0.2) is 29.4 Å². The first-order chi connectivity index (χ1) is 12.7. The van der Waals surface area contributed by atoms with Gasteiger partial charge < -0.3 is 24.2 Å². The van der Waals surface area contributed by atoms with Gasteiger partial charge in [0.25, 0.3) is 5.91 Å². The highest BCUT2D eigenvalue weighted by molar-refractivity contribution is 5.92. The fourth-order valence-electron chi connectivity index (χ4n) is 3.66. The van der Waals surface area contributed by atoms with Gasteiger partial charge in [-0.05, 0) is 19.3 Å². The van der Waals surface area contributed by atoms with Crippen LogP contribution < -0.4 is 10.1 Å². The number of hydrogen-bond acceptors (Lipinski definition) is 8. The number of nitrogens with one attached hydrogen (secondary N) is 1. The van der Waals surface area contributed by atoms with Crippen LogP contribution in [0, 0.1) is 0 Å². The second-order valence-corrected chi connectivity index (χ2v) is 6.66. The molecule has 2 fully saturated rings. The summed E-state index contributed by atoms with van der Waals surface area (Å²) in [5, 5.41) is 7.11. The summed E-state index contributed by atoms with van der Waals surface area (Å²) in [6, 6.07) is 1.74. The van der Waals surface area contributed by atoms with E-state index >= 15 is 0 Å². The van der Waals surface area contributed by atoms with E-state index in [1.54, 1.807) is 24.3 Å². The lowest BCUT2D eigenvalue weighted by atomic mass is 9.87. The highest BCUT2D eigenvalue weighted by Crippen LogP contribution is 2.37. The summed E-state index contributed by atoms with van der Waals surface area (Å²) in [6.45, 7) is 1.90. The minimum atomic E-state index is -0.196. The summed E-state index contributed by atoms with van der Waals surface area (Å²) >= 11 is 0. The number of carbonyl (C=O) groups is 1. The van der Waals surface area contributed by atoms with E-state index in [1.807, 2.05) is 0 Å². The van der Waals surface area contributed by atoms with Crippen molar-refractivity contribution >= 4 is 11.7 Å². The third-order valence-electron chi connectivity index (χ3n) is 5.07. The van der Waals surface area contributed by atoms with Gasteiger partial charge in [-0.2, -0.15) is 0 Å². The molecular formula is C17H21N5O4. The SMILES string of the molecule is COc1cncnc1NC1COC2(CCN(C(=O)c3ccon3)CC2)C1. The maximum absolute atomic E-state index is 12.4. The molecule has 26 heavy (non-hydrogen) atoms. The van der Waals surface area contributed by atoms with Gasteiger partial charge in [0.05, 0.1) is 31.6 Å². The molecule has 9 nitrogen and oxygen atoms in total. The minimum absolute atomic E-state index is 0.0907. The number of piperidine rings is 1. The van der Waals surface area contributed by atoms with E-state index in [4.69, 9.17) is 14.0 Å². The monoisotopic (exact) mass is 359 g/mol. The van der Waals surface area contributed by atoms with Gasteiger partial charge in [0.2, 0.25) is 0 Å². The topological polar surface area (TPSA) is 103 Å². The van der Waals surface area contributed by atoms with Crippen LogP contribution in [0.2, 0.25) is 0 Å². The minimum Gasteiger partial charge on any atom is -0.491 e. The molecule has 4 rings (SSSR count). The molecular weight excluding hydrogens is 338 g/mol. The Labute approximate surface area is 150 Å². The van der Waals surface area contributed by atoms with Crippen LogP contribution in [0.1, 0.15) is 29.8 Å². The van der Waals surface area contributed by atoms with E-state index in [0.29, 0.717) is 37.0 Å². The molecule has 1 amide bonds.